The fourth-order valence-corrected chi connectivity index (χ4v) is 2.72. The summed E-state index contributed by atoms with van der Waals surface area (Å²) in [5.41, 5.74) is 9.50. The van der Waals surface area contributed by atoms with Gasteiger partial charge in [0.2, 0.25) is 0 Å². The first-order valence-electron chi connectivity index (χ1n) is 7.92. The van der Waals surface area contributed by atoms with E-state index in [1.54, 1.807) is 0 Å². The van der Waals surface area contributed by atoms with Crippen LogP contribution in [0.15, 0.2) is 48.5 Å². The van der Waals surface area contributed by atoms with Gasteiger partial charge in [-0.1, -0.05) is 59.7 Å². The molecule has 0 unspecified atom stereocenters. The maximum absolute atomic E-state index is 4.32. The van der Waals surface area contributed by atoms with Crippen molar-refractivity contribution >= 4 is 11.6 Å². The van der Waals surface area contributed by atoms with Gasteiger partial charge in [-0.05, 0) is 50.5 Å². The van der Waals surface area contributed by atoms with Gasteiger partial charge in [-0.25, -0.2) is 0 Å². The van der Waals surface area contributed by atoms with Crippen molar-refractivity contribution in [2.24, 2.45) is 0 Å². The molecule has 0 spiro atoms. The number of aromatic nitrogens is 2. The van der Waals surface area contributed by atoms with Crippen LogP contribution in [0.3, 0.4) is 0 Å². The zero-order chi connectivity index (χ0) is 16.4. The number of nitrogens with zero attached hydrogens (tertiary/aromatic N) is 1. The second-order valence-electron chi connectivity index (χ2n) is 6.14. The van der Waals surface area contributed by atoms with Crippen molar-refractivity contribution in [3.8, 4) is 0 Å². The van der Waals surface area contributed by atoms with Crippen molar-refractivity contribution in [3.05, 3.63) is 87.7 Å². The first-order valence-corrected chi connectivity index (χ1v) is 7.92. The predicted octanol–water partition coefficient (Wildman–Crippen LogP) is 5.23. The number of H-pyrrole nitrogens is 1. The molecule has 0 aliphatic heterocycles. The maximum Gasteiger partial charge on any atom is 0.0666 e. The van der Waals surface area contributed by atoms with Crippen molar-refractivity contribution < 1.29 is 0 Å². The molecule has 23 heavy (non-hydrogen) atoms. The molecule has 2 heteroatoms. The van der Waals surface area contributed by atoms with Gasteiger partial charge in [-0.2, -0.15) is 5.10 Å². The van der Waals surface area contributed by atoms with Gasteiger partial charge >= 0.3 is 0 Å². The average molecular weight is 302 g/mol. The lowest BCUT2D eigenvalue weighted by Gasteiger charge is -2.10. The third-order valence-electron chi connectivity index (χ3n) is 4.20. The molecule has 0 amide bonds. The standard InChI is InChI=1S/C21H22N2/c1-14-5-9-18(10-6-14)21(19-11-7-15(2)8-12-19)13-20-16(3)22-23-17(20)4/h5-13H,1-4H3,(H,22,23). The van der Waals surface area contributed by atoms with Gasteiger partial charge in [0.15, 0.2) is 0 Å². The SMILES string of the molecule is Cc1ccc(C(=Cc2c(C)n[nH]c2C)c2ccc(C)cc2)cc1. The van der Waals surface area contributed by atoms with Gasteiger partial charge < -0.3 is 0 Å². The summed E-state index contributed by atoms with van der Waals surface area (Å²) >= 11 is 0. The highest BCUT2D eigenvalue weighted by Gasteiger charge is 2.09. The Morgan fingerprint density at radius 2 is 1.26 bits per heavy atom. The van der Waals surface area contributed by atoms with Crippen molar-refractivity contribution in [2.75, 3.05) is 0 Å². The van der Waals surface area contributed by atoms with Crippen LogP contribution in [0.25, 0.3) is 11.6 Å². The summed E-state index contributed by atoms with van der Waals surface area (Å²) in [4.78, 5) is 0. The second-order valence-corrected chi connectivity index (χ2v) is 6.14. The third kappa shape index (κ3) is 3.26. The molecule has 1 N–H and O–H groups in total. The number of hydrogen-bond acceptors (Lipinski definition) is 1. The molecule has 0 saturated heterocycles. The minimum absolute atomic E-state index is 1.03. The molecule has 0 aliphatic carbocycles. The predicted molar refractivity (Wildman–Crippen MR) is 97.4 cm³/mol. The zero-order valence-corrected chi connectivity index (χ0v) is 14.1. The van der Waals surface area contributed by atoms with E-state index in [2.05, 4.69) is 85.6 Å². The molecule has 1 aromatic heterocycles. The lowest BCUT2D eigenvalue weighted by molar-refractivity contribution is 1.02. The molecule has 3 rings (SSSR count). The number of benzene rings is 2. The highest BCUT2D eigenvalue weighted by atomic mass is 15.1. The summed E-state index contributed by atoms with van der Waals surface area (Å²) in [7, 11) is 0. The molecule has 116 valence electrons. The normalized spacial score (nSPS) is 10.6. The quantitative estimate of drug-likeness (QED) is 0.705. The summed E-state index contributed by atoms with van der Waals surface area (Å²) in [6.45, 7) is 8.33. The fraction of sp³-hybridized carbons (Fsp3) is 0.190. The van der Waals surface area contributed by atoms with E-state index in [0.717, 1.165) is 11.4 Å². The summed E-state index contributed by atoms with van der Waals surface area (Å²) in [5.74, 6) is 0. The van der Waals surface area contributed by atoms with Crippen LogP contribution in [-0.2, 0) is 0 Å². The summed E-state index contributed by atoms with van der Waals surface area (Å²) in [5, 5.41) is 7.38. The third-order valence-corrected chi connectivity index (χ3v) is 4.20. The Morgan fingerprint density at radius 1 is 0.783 bits per heavy atom. The van der Waals surface area contributed by atoms with Crippen LogP contribution in [0, 0.1) is 27.7 Å². The molecule has 0 saturated carbocycles. The molecule has 3 aromatic rings. The van der Waals surface area contributed by atoms with Crippen molar-refractivity contribution in [2.45, 2.75) is 27.7 Å². The van der Waals surface area contributed by atoms with E-state index >= 15 is 0 Å². The van der Waals surface area contributed by atoms with Gasteiger partial charge in [-0.15, -0.1) is 0 Å². The highest BCUT2D eigenvalue weighted by Crippen LogP contribution is 2.28. The van der Waals surface area contributed by atoms with Crippen LogP contribution in [0.5, 0.6) is 0 Å². The van der Waals surface area contributed by atoms with Crippen molar-refractivity contribution in [1.29, 1.82) is 0 Å². The van der Waals surface area contributed by atoms with E-state index in [9.17, 15) is 0 Å². The smallest absolute Gasteiger partial charge is 0.0666 e. The Bertz CT molecular complexity index is 768. The topological polar surface area (TPSA) is 28.7 Å². The van der Waals surface area contributed by atoms with E-state index < -0.39 is 0 Å². The number of aryl methyl sites for hydroxylation is 4. The van der Waals surface area contributed by atoms with Crippen LogP contribution < -0.4 is 0 Å². The minimum Gasteiger partial charge on any atom is -0.282 e. The van der Waals surface area contributed by atoms with Crippen molar-refractivity contribution in [1.82, 2.24) is 10.2 Å². The van der Waals surface area contributed by atoms with Gasteiger partial charge in [0.1, 0.15) is 0 Å². The van der Waals surface area contributed by atoms with E-state index in [0.29, 0.717) is 0 Å². The van der Waals surface area contributed by atoms with E-state index in [1.165, 1.54) is 33.4 Å². The highest BCUT2D eigenvalue weighted by molar-refractivity contribution is 5.92. The van der Waals surface area contributed by atoms with Gasteiger partial charge in [0.25, 0.3) is 0 Å². The number of rotatable bonds is 3. The first-order chi connectivity index (χ1) is 11.0. The van der Waals surface area contributed by atoms with Gasteiger partial charge in [0, 0.05) is 11.3 Å². The Morgan fingerprint density at radius 3 is 1.65 bits per heavy atom. The van der Waals surface area contributed by atoms with E-state index in [-0.39, 0.29) is 0 Å². The van der Waals surface area contributed by atoms with E-state index in [4.69, 9.17) is 0 Å². The second kappa shape index (κ2) is 6.25. The molecule has 2 aromatic carbocycles. The van der Waals surface area contributed by atoms with Gasteiger partial charge in [0.05, 0.1) is 5.69 Å². The Labute approximate surface area is 137 Å². The molecular weight excluding hydrogens is 280 g/mol. The Hall–Kier alpha value is -2.61. The largest absolute Gasteiger partial charge is 0.282 e. The number of aromatic amines is 1. The summed E-state index contributed by atoms with van der Waals surface area (Å²) in [6, 6.07) is 17.4. The van der Waals surface area contributed by atoms with Crippen LogP contribution in [0.1, 0.15) is 39.2 Å². The molecular formula is C21H22N2. The molecule has 0 atom stereocenters. The lowest BCUT2D eigenvalue weighted by Crippen LogP contribution is -1.90. The fourth-order valence-electron chi connectivity index (χ4n) is 2.72. The molecule has 0 fully saturated rings. The minimum atomic E-state index is 1.03. The van der Waals surface area contributed by atoms with Crippen LogP contribution in [-0.4, -0.2) is 10.2 Å². The van der Waals surface area contributed by atoms with Gasteiger partial charge in [-0.3, -0.25) is 5.10 Å². The Balaban J connectivity index is 2.17. The summed E-state index contributed by atoms with van der Waals surface area (Å²) in [6.07, 6.45) is 2.24. The summed E-state index contributed by atoms with van der Waals surface area (Å²) < 4.78 is 0. The van der Waals surface area contributed by atoms with E-state index in [1.807, 2.05) is 6.92 Å². The van der Waals surface area contributed by atoms with Crippen molar-refractivity contribution in [3.63, 3.8) is 0 Å². The molecule has 1 heterocycles. The molecule has 0 radical (unpaired) electrons. The Kier molecular flexibility index (Phi) is 4.16. The number of nitrogens with one attached hydrogen (secondary N) is 1. The monoisotopic (exact) mass is 302 g/mol. The van der Waals surface area contributed by atoms with Crippen LogP contribution >= 0.6 is 0 Å². The van der Waals surface area contributed by atoms with Crippen LogP contribution in [0.2, 0.25) is 0 Å². The van der Waals surface area contributed by atoms with Crippen LogP contribution in [0.4, 0.5) is 0 Å². The number of hydrogen-bond donors (Lipinski definition) is 1. The molecule has 2 nitrogen and oxygen atoms in total. The molecule has 0 bridgehead atoms. The zero-order valence-electron chi connectivity index (χ0n) is 14.1. The molecule has 0 aliphatic rings. The first kappa shape index (κ1) is 15.3. The lowest BCUT2D eigenvalue weighted by atomic mass is 9.94. The average Bonchev–Trinajstić information content (AvgIpc) is 2.86. The maximum atomic E-state index is 4.32.